The predicted octanol–water partition coefficient (Wildman–Crippen LogP) is 4.43. The summed E-state index contributed by atoms with van der Waals surface area (Å²) in [4.78, 5) is 12.6. The molecular formula is C12H9BrClNO2S. The van der Waals surface area contributed by atoms with Gasteiger partial charge in [0.1, 0.15) is 5.75 Å². The number of amides is 1. The van der Waals surface area contributed by atoms with Crippen LogP contribution in [0.4, 0.5) is 5.69 Å². The largest absolute Gasteiger partial charge is 0.506 e. The third-order valence-corrected chi connectivity index (χ3v) is 4.72. The summed E-state index contributed by atoms with van der Waals surface area (Å²) in [6.45, 7) is 1.93. The zero-order chi connectivity index (χ0) is 13.3. The number of anilines is 1. The fourth-order valence-electron chi connectivity index (χ4n) is 1.35. The van der Waals surface area contributed by atoms with E-state index in [1.807, 2.05) is 13.0 Å². The van der Waals surface area contributed by atoms with E-state index in [0.29, 0.717) is 10.6 Å². The number of thiophene rings is 1. The second-order valence-corrected chi connectivity index (χ2v) is 6.46. The number of benzene rings is 1. The topological polar surface area (TPSA) is 49.3 Å². The summed E-state index contributed by atoms with van der Waals surface area (Å²) in [6, 6.07) is 6.35. The lowest BCUT2D eigenvalue weighted by Crippen LogP contribution is -2.09. The van der Waals surface area contributed by atoms with Gasteiger partial charge in [-0.25, -0.2) is 0 Å². The minimum atomic E-state index is -0.199. The maximum atomic E-state index is 11.9. The van der Waals surface area contributed by atoms with Crippen molar-refractivity contribution in [3.05, 3.63) is 43.5 Å². The molecule has 1 aromatic heterocycles. The fourth-order valence-corrected chi connectivity index (χ4v) is 2.96. The van der Waals surface area contributed by atoms with Gasteiger partial charge >= 0.3 is 0 Å². The second kappa shape index (κ2) is 5.30. The molecule has 0 aliphatic heterocycles. The van der Waals surface area contributed by atoms with Gasteiger partial charge in [-0.05, 0) is 52.7 Å². The summed E-state index contributed by atoms with van der Waals surface area (Å²) in [6.07, 6.45) is 0. The molecule has 0 radical (unpaired) electrons. The minimum Gasteiger partial charge on any atom is -0.506 e. The van der Waals surface area contributed by atoms with Gasteiger partial charge in [0.05, 0.1) is 13.7 Å². The Morgan fingerprint density at radius 3 is 2.72 bits per heavy atom. The summed E-state index contributed by atoms with van der Waals surface area (Å²) in [5, 5.41) is 12.2. The monoisotopic (exact) mass is 345 g/mol. The smallest absolute Gasteiger partial charge is 0.265 e. The molecule has 2 N–H and O–H groups in total. The van der Waals surface area contributed by atoms with Crippen LogP contribution in [0.5, 0.6) is 5.75 Å². The van der Waals surface area contributed by atoms with E-state index in [4.69, 9.17) is 11.6 Å². The van der Waals surface area contributed by atoms with E-state index in [1.165, 1.54) is 23.5 Å². The van der Waals surface area contributed by atoms with Gasteiger partial charge in [-0.2, -0.15) is 0 Å². The van der Waals surface area contributed by atoms with Crippen molar-refractivity contribution in [1.82, 2.24) is 0 Å². The molecule has 0 spiro atoms. The van der Waals surface area contributed by atoms with E-state index < -0.39 is 0 Å². The molecule has 1 heterocycles. The number of hydrogen-bond acceptors (Lipinski definition) is 3. The van der Waals surface area contributed by atoms with Gasteiger partial charge < -0.3 is 10.4 Å². The number of phenolic OH excluding ortho intramolecular Hbond substituents is 1. The zero-order valence-corrected chi connectivity index (χ0v) is 12.5. The van der Waals surface area contributed by atoms with E-state index in [1.54, 1.807) is 6.07 Å². The van der Waals surface area contributed by atoms with Crippen molar-refractivity contribution in [1.29, 1.82) is 0 Å². The van der Waals surface area contributed by atoms with Gasteiger partial charge in [0.25, 0.3) is 5.91 Å². The first kappa shape index (κ1) is 13.4. The number of halogens is 2. The van der Waals surface area contributed by atoms with Crippen molar-refractivity contribution in [3.63, 3.8) is 0 Å². The number of nitrogens with one attached hydrogen (secondary N) is 1. The van der Waals surface area contributed by atoms with Crippen LogP contribution in [0, 0.1) is 6.92 Å². The van der Waals surface area contributed by atoms with Crippen molar-refractivity contribution in [2.45, 2.75) is 6.92 Å². The van der Waals surface area contributed by atoms with Crippen LogP contribution < -0.4 is 5.32 Å². The third kappa shape index (κ3) is 2.85. The lowest BCUT2D eigenvalue weighted by Gasteiger charge is -2.04. The molecule has 94 valence electrons. The number of aryl methyl sites for hydroxylation is 1. The van der Waals surface area contributed by atoms with Gasteiger partial charge in [0.15, 0.2) is 0 Å². The van der Waals surface area contributed by atoms with E-state index >= 15 is 0 Å². The molecule has 2 aromatic rings. The normalized spacial score (nSPS) is 10.4. The number of hydrogen-bond donors (Lipinski definition) is 2. The predicted molar refractivity (Wildman–Crippen MR) is 77.8 cm³/mol. The van der Waals surface area contributed by atoms with Crippen LogP contribution in [0.15, 0.2) is 28.1 Å². The number of phenols is 1. The van der Waals surface area contributed by atoms with Crippen LogP contribution in [-0.2, 0) is 0 Å². The van der Waals surface area contributed by atoms with Gasteiger partial charge in [-0.3, -0.25) is 4.79 Å². The zero-order valence-electron chi connectivity index (χ0n) is 9.33. The number of rotatable bonds is 2. The molecule has 3 nitrogen and oxygen atoms in total. The van der Waals surface area contributed by atoms with Gasteiger partial charge in [-0.1, -0.05) is 11.6 Å². The first-order chi connectivity index (χ1) is 8.47. The standard InChI is InChI=1S/C12H9BrClNO2S/c1-6-4-10(18-11(6)13)12(17)15-7-2-3-9(16)8(14)5-7/h2-5,16H,1H3,(H,15,17). The van der Waals surface area contributed by atoms with Gasteiger partial charge in [0.2, 0.25) is 0 Å². The molecule has 0 saturated heterocycles. The van der Waals surface area contributed by atoms with Gasteiger partial charge in [0, 0.05) is 5.69 Å². The number of aromatic hydroxyl groups is 1. The van der Waals surface area contributed by atoms with Gasteiger partial charge in [-0.15, -0.1) is 11.3 Å². The Balaban J connectivity index is 2.18. The maximum Gasteiger partial charge on any atom is 0.265 e. The van der Waals surface area contributed by atoms with Crippen molar-refractivity contribution in [2.24, 2.45) is 0 Å². The molecule has 2 rings (SSSR count). The quantitative estimate of drug-likeness (QED) is 0.790. The number of carbonyl (C=O) groups excluding carboxylic acids is 1. The van der Waals surface area contributed by atoms with Crippen molar-refractivity contribution < 1.29 is 9.90 Å². The van der Waals surface area contributed by atoms with Crippen LogP contribution in [-0.4, -0.2) is 11.0 Å². The molecule has 1 aromatic carbocycles. The summed E-state index contributed by atoms with van der Waals surface area (Å²) >= 11 is 10.5. The lowest BCUT2D eigenvalue weighted by molar-refractivity contribution is 0.103. The molecule has 1 amide bonds. The Morgan fingerprint density at radius 2 is 2.17 bits per heavy atom. The van der Waals surface area contributed by atoms with Crippen molar-refractivity contribution in [3.8, 4) is 5.75 Å². The first-order valence-corrected chi connectivity index (χ1v) is 7.02. The van der Waals surface area contributed by atoms with Crippen molar-refractivity contribution >= 4 is 50.5 Å². The van der Waals surface area contributed by atoms with E-state index in [2.05, 4.69) is 21.2 Å². The lowest BCUT2D eigenvalue weighted by atomic mass is 10.3. The highest BCUT2D eigenvalue weighted by molar-refractivity contribution is 9.11. The van der Waals surface area contributed by atoms with Crippen LogP contribution in [0.3, 0.4) is 0 Å². The molecule has 0 bridgehead atoms. The molecule has 18 heavy (non-hydrogen) atoms. The summed E-state index contributed by atoms with van der Waals surface area (Å²) in [5.41, 5.74) is 1.57. The second-order valence-electron chi connectivity index (χ2n) is 3.69. The Bertz CT molecular complexity index is 593. The molecule has 0 fully saturated rings. The molecule has 0 unspecified atom stereocenters. The Morgan fingerprint density at radius 1 is 1.44 bits per heavy atom. The van der Waals surface area contributed by atoms with Crippen LogP contribution in [0.1, 0.15) is 15.2 Å². The highest BCUT2D eigenvalue weighted by atomic mass is 79.9. The third-order valence-electron chi connectivity index (χ3n) is 2.29. The van der Waals surface area contributed by atoms with Crippen molar-refractivity contribution in [2.75, 3.05) is 5.32 Å². The van der Waals surface area contributed by atoms with E-state index in [-0.39, 0.29) is 16.7 Å². The minimum absolute atomic E-state index is 0.00984. The molecule has 0 aliphatic rings. The first-order valence-electron chi connectivity index (χ1n) is 5.03. The average molecular weight is 347 g/mol. The molecular weight excluding hydrogens is 338 g/mol. The average Bonchev–Trinajstić information content (AvgIpc) is 2.65. The van der Waals surface area contributed by atoms with Crippen LogP contribution in [0.2, 0.25) is 5.02 Å². The Hall–Kier alpha value is -1.04. The molecule has 6 heteroatoms. The summed E-state index contributed by atoms with van der Waals surface area (Å²) in [5.74, 6) is -0.208. The van der Waals surface area contributed by atoms with Crippen LogP contribution >= 0.6 is 38.9 Å². The Labute approximate surface area is 122 Å². The van der Waals surface area contributed by atoms with Crippen LogP contribution in [0.25, 0.3) is 0 Å². The fraction of sp³-hybridized carbons (Fsp3) is 0.0833. The summed E-state index contributed by atoms with van der Waals surface area (Å²) < 4.78 is 0.941. The Kier molecular flexibility index (Phi) is 3.94. The van der Waals surface area contributed by atoms with E-state index in [9.17, 15) is 9.90 Å². The highest BCUT2D eigenvalue weighted by Gasteiger charge is 2.12. The highest BCUT2D eigenvalue weighted by Crippen LogP contribution is 2.29. The molecule has 0 atom stereocenters. The summed E-state index contributed by atoms with van der Waals surface area (Å²) in [7, 11) is 0. The van der Waals surface area contributed by atoms with E-state index in [0.717, 1.165) is 9.35 Å². The molecule has 0 saturated carbocycles. The SMILES string of the molecule is Cc1cc(C(=O)Nc2ccc(O)c(Cl)c2)sc1Br. The maximum absolute atomic E-state index is 11.9. The number of carbonyl (C=O) groups is 1. The molecule has 0 aliphatic carbocycles.